The topological polar surface area (TPSA) is 144 Å². The first-order valence-electron chi connectivity index (χ1n) is 5.68. The first-order valence-corrected chi connectivity index (χ1v) is 7.22. The average Bonchev–Trinajstić information content (AvgIpc) is 2.37. The standard InChI is InChI=1S/C12H15NO7S/c1-12(13,7-3-5-8(20-2)6-4-7)21(18,19)9(10(14)15)11(16)17/h3-6,9H,13H2,1-2H3,(H,14,15)(H,16,17). The van der Waals surface area contributed by atoms with Gasteiger partial charge in [-0.05, 0) is 24.6 Å². The van der Waals surface area contributed by atoms with Crippen molar-refractivity contribution in [3.05, 3.63) is 29.8 Å². The number of rotatable bonds is 6. The Hall–Kier alpha value is -2.13. The summed E-state index contributed by atoms with van der Waals surface area (Å²) >= 11 is 0. The van der Waals surface area contributed by atoms with Gasteiger partial charge in [-0.2, -0.15) is 0 Å². The third-order valence-corrected chi connectivity index (χ3v) is 5.45. The molecule has 1 atom stereocenters. The molecule has 0 aliphatic rings. The second-order valence-electron chi connectivity index (χ2n) is 4.44. The van der Waals surface area contributed by atoms with Crippen LogP contribution in [0.1, 0.15) is 12.5 Å². The van der Waals surface area contributed by atoms with Crippen molar-refractivity contribution in [2.24, 2.45) is 5.73 Å². The molecule has 0 saturated carbocycles. The number of hydrogen-bond donors (Lipinski definition) is 3. The van der Waals surface area contributed by atoms with E-state index in [1.54, 1.807) is 0 Å². The minimum atomic E-state index is -4.73. The summed E-state index contributed by atoms with van der Waals surface area (Å²) in [5.74, 6) is -3.54. The quantitative estimate of drug-likeness (QED) is 0.611. The summed E-state index contributed by atoms with van der Waals surface area (Å²) in [5, 5.41) is 15.0. The van der Waals surface area contributed by atoms with Gasteiger partial charge in [-0.25, -0.2) is 8.42 Å². The molecule has 1 rings (SSSR count). The van der Waals surface area contributed by atoms with Gasteiger partial charge in [0.2, 0.25) is 0 Å². The average molecular weight is 317 g/mol. The Labute approximate surface area is 121 Å². The highest BCUT2D eigenvalue weighted by atomic mass is 32.2. The molecular weight excluding hydrogens is 302 g/mol. The van der Waals surface area contributed by atoms with Crippen molar-refractivity contribution in [2.75, 3.05) is 7.11 Å². The highest BCUT2D eigenvalue weighted by Gasteiger charge is 2.50. The summed E-state index contributed by atoms with van der Waals surface area (Å²) in [5.41, 5.74) is 5.78. The van der Waals surface area contributed by atoms with Crippen LogP contribution in [0.3, 0.4) is 0 Å². The molecule has 1 aromatic rings. The zero-order valence-corrected chi connectivity index (χ0v) is 12.1. The van der Waals surface area contributed by atoms with Crippen molar-refractivity contribution in [2.45, 2.75) is 17.0 Å². The number of sulfone groups is 1. The zero-order chi connectivity index (χ0) is 16.4. The fraction of sp³-hybridized carbons (Fsp3) is 0.333. The summed E-state index contributed by atoms with van der Waals surface area (Å²) in [6, 6.07) is 5.54. The number of hydrogen-bond acceptors (Lipinski definition) is 6. The normalized spacial score (nSPS) is 14.5. The largest absolute Gasteiger partial charge is 0.497 e. The molecule has 0 amide bonds. The SMILES string of the molecule is COc1ccc(C(C)(N)S(=O)(=O)C(C(=O)O)C(=O)O)cc1. The lowest BCUT2D eigenvalue weighted by atomic mass is 10.1. The Morgan fingerprint density at radius 3 is 1.95 bits per heavy atom. The van der Waals surface area contributed by atoms with E-state index in [1.807, 2.05) is 0 Å². The maximum Gasteiger partial charge on any atom is 0.333 e. The van der Waals surface area contributed by atoms with Crippen molar-refractivity contribution in [3.63, 3.8) is 0 Å². The van der Waals surface area contributed by atoms with Crippen LogP contribution in [0, 0.1) is 0 Å². The van der Waals surface area contributed by atoms with Crippen LogP contribution in [0.2, 0.25) is 0 Å². The molecule has 9 heteroatoms. The Kier molecular flexibility index (Phi) is 4.59. The molecule has 0 fully saturated rings. The molecule has 0 aromatic heterocycles. The van der Waals surface area contributed by atoms with Gasteiger partial charge >= 0.3 is 11.9 Å². The summed E-state index contributed by atoms with van der Waals surface area (Å²) in [7, 11) is -3.32. The van der Waals surface area contributed by atoms with Crippen molar-refractivity contribution in [1.82, 2.24) is 0 Å². The van der Waals surface area contributed by atoms with Crippen LogP contribution >= 0.6 is 0 Å². The number of ether oxygens (including phenoxy) is 1. The van der Waals surface area contributed by atoms with Crippen LogP contribution in [0.25, 0.3) is 0 Å². The van der Waals surface area contributed by atoms with E-state index in [0.717, 1.165) is 6.92 Å². The lowest BCUT2D eigenvalue weighted by molar-refractivity contribution is -0.146. The lowest BCUT2D eigenvalue weighted by Crippen LogP contribution is -2.52. The molecule has 0 aliphatic carbocycles. The van der Waals surface area contributed by atoms with E-state index in [2.05, 4.69) is 0 Å². The zero-order valence-electron chi connectivity index (χ0n) is 11.3. The van der Waals surface area contributed by atoms with Gasteiger partial charge in [0, 0.05) is 0 Å². The van der Waals surface area contributed by atoms with E-state index in [0.29, 0.717) is 5.75 Å². The van der Waals surface area contributed by atoms with Crippen molar-refractivity contribution in [3.8, 4) is 5.75 Å². The second kappa shape index (κ2) is 5.70. The van der Waals surface area contributed by atoms with E-state index in [4.69, 9.17) is 20.7 Å². The molecule has 0 spiro atoms. The first kappa shape index (κ1) is 16.9. The highest BCUT2D eigenvalue weighted by Crippen LogP contribution is 2.29. The first-order chi connectivity index (χ1) is 9.55. The number of nitrogens with two attached hydrogens (primary N) is 1. The van der Waals surface area contributed by atoms with Gasteiger partial charge in [0.05, 0.1) is 7.11 Å². The fourth-order valence-electron chi connectivity index (χ4n) is 1.70. The van der Waals surface area contributed by atoms with E-state index in [-0.39, 0.29) is 5.56 Å². The Balaban J connectivity index is 3.38. The number of carboxylic acid groups (broad SMARTS) is 2. The third kappa shape index (κ3) is 2.98. The molecule has 0 saturated heterocycles. The summed E-state index contributed by atoms with van der Waals surface area (Å²) in [4.78, 5) is 19.7. The van der Waals surface area contributed by atoms with Gasteiger partial charge in [0.1, 0.15) is 10.6 Å². The Morgan fingerprint density at radius 2 is 1.62 bits per heavy atom. The van der Waals surface area contributed by atoms with Gasteiger partial charge in [0.15, 0.2) is 9.84 Å². The molecule has 0 aliphatic heterocycles. The van der Waals surface area contributed by atoms with E-state index in [9.17, 15) is 18.0 Å². The number of methoxy groups -OCH3 is 1. The highest BCUT2D eigenvalue weighted by molar-refractivity contribution is 7.94. The van der Waals surface area contributed by atoms with E-state index in [1.165, 1.54) is 31.4 Å². The molecule has 0 bridgehead atoms. The van der Waals surface area contributed by atoms with Crippen molar-refractivity contribution in [1.29, 1.82) is 0 Å². The molecule has 1 aromatic carbocycles. The fourth-order valence-corrected chi connectivity index (χ4v) is 3.19. The summed E-state index contributed by atoms with van der Waals surface area (Å²) in [6.45, 7) is 1.04. The third-order valence-electron chi connectivity index (χ3n) is 3.01. The van der Waals surface area contributed by atoms with Crippen LogP contribution in [0.4, 0.5) is 0 Å². The van der Waals surface area contributed by atoms with Gasteiger partial charge in [-0.15, -0.1) is 0 Å². The lowest BCUT2D eigenvalue weighted by Gasteiger charge is -2.27. The Bertz CT molecular complexity index is 635. The molecular formula is C12H15NO7S. The predicted molar refractivity (Wildman–Crippen MR) is 72.5 cm³/mol. The molecule has 0 radical (unpaired) electrons. The van der Waals surface area contributed by atoms with Gasteiger partial charge < -0.3 is 20.7 Å². The Morgan fingerprint density at radius 1 is 1.19 bits per heavy atom. The maximum atomic E-state index is 12.3. The van der Waals surface area contributed by atoms with Crippen LogP contribution in [0.15, 0.2) is 24.3 Å². The van der Waals surface area contributed by atoms with Crippen LogP contribution in [-0.4, -0.2) is 42.9 Å². The maximum absolute atomic E-state index is 12.3. The number of aliphatic carboxylic acids is 2. The van der Waals surface area contributed by atoms with E-state index >= 15 is 0 Å². The van der Waals surface area contributed by atoms with Gasteiger partial charge in [-0.3, -0.25) is 9.59 Å². The van der Waals surface area contributed by atoms with Gasteiger partial charge in [-0.1, -0.05) is 12.1 Å². The minimum Gasteiger partial charge on any atom is -0.497 e. The van der Waals surface area contributed by atoms with Crippen molar-refractivity contribution >= 4 is 21.8 Å². The number of benzene rings is 1. The van der Waals surface area contributed by atoms with Crippen LogP contribution in [0.5, 0.6) is 5.75 Å². The summed E-state index contributed by atoms with van der Waals surface area (Å²) in [6.07, 6.45) is 0. The van der Waals surface area contributed by atoms with Crippen LogP contribution in [-0.2, 0) is 24.3 Å². The molecule has 8 nitrogen and oxygen atoms in total. The number of carbonyl (C=O) groups is 2. The number of carboxylic acids is 2. The minimum absolute atomic E-state index is 0.0517. The molecule has 1 unspecified atom stereocenters. The van der Waals surface area contributed by atoms with E-state index < -0.39 is 31.9 Å². The van der Waals surface area contributed by atoms with Crippen LogP contribution < -0.4 is 10.5 Å². The molecule has 21 heavy (non-hydrogen) atoms. The second-order valence-corrected chi connectivity index (χ2v) is 6.85. The molecule has 116 valence electrons. The molecule has 4 N–H and O–H groups in total. The van der Waals surface area contributed by atoms with Crippen molar-refractivity contribution < 1.29 is 33.0 Å². The monoisotopic (exact) mass is 317 g/mol. The van der Waals surface area contributed by atoms with Gasteiger partial charge in [0.25, 0.3) is 5.25 Å². The summed E-state index contributed by atoms with van der Waals surface area (Å²) < 4.78 is 29.5. The predicted octanol–water partition coefficient (Wildman–Crippen LogP) is -0.221. The molecule has 0 heterocycles. The smallest absolute Gasteiger partial charge is 0.333 e.